The SMILES string of the molecule is CCCOCc1cc(C(C)(C)c2cc(COCCC)c(O)c(COCCC)c2)cc(COC)c1O.CCCOCc1cc(C(C)(C)c2cc(COCCC)c(O)c(COCCC)c2)cc(COCCC)c1O.CCOCc1cc(C(C)(C)c2cc(COC)c(O)c(COC)c2)cc(COC)c1O.CCOCc1cc(C(C)(C)c2cc(COC)c(O)c(COCC)c2)cc(COC)c1O. The van der Waals surface area contributed by atoms with Crippen LogP contribution >= 0.6 is 0 Å². The molecule has 0 saturated carbocycles. The van der Waals surface area contributed by atoms with Crippen molar-refractivity contribution in [1.82, 2.24) is 0 Å². The van der Waals surface area contributed by atoms with Gasteiger partial charge in [0.1, 0.15) is 46.0 Å². The minimum atomic E-state index is -0.431. The van der Waals surface area contributed by atoms with E-state index >= 15 is 0 Å². The molecule has 0 radical (unpaired) electrons. The minimum Gasteiger partial charge on any atom is -0.507 e. The molecule has 0 saturated heterocycles. The lowest BCUT2D eigenvalue weighted by molar-refractivity contribution is 0.113. The number of benzene rings is 8. The van der Waals surface area contributed by atoms with Gasteiger partial charge in [0.15, 0.2) is 0 Å². The van der Waals surface area contributed by atoms with Gasteiger partial charge in [-0.05, 0) is 207 Å². The van der Waals surface area contributed by atoms with Crippen molar-refractivity contribution in [3.8, 4) is 46.0 Å². The summed E-state index contributed by atoms with van der Waals surface area (Å²) in [5.74, 6) is 1.73. The summed E-state index contributed by atoms with van der Waals surface area (Å²) in [6.07, 6.45) is 6.40. The summed E-state index contributed by atoms with van der Waals surface area (Å²) in [7, 11) is 9.64. The topological polar surface area (TPSA) is 310 Å². The van der Waals surface area contributed by atoms with E-state index in [0.29, 0.717) is 200 Å². The van der Waals surface area contributed by atoms with Crippen LogP contribution in [0, 0.1) is 0 Å². The predicted molar refractivity (Wildman–Crippen MR) is 523 cm³/mol. The monoisotopic (exact) mass is 1860 g/mol. The van der Waals surface area contributed by atoms with E-state index in [1.807, 2.05) is 118 Å². The zero-order valence-electron chi connectivity index (χ0n) is 84.7. The molecule has 8 rings (SSSR count). The molecule has 0 spiro atoms. The number of phenols is 8. The molecular weight excluding hydrogens is 1690 g/mol. The third kappa shape index (κ3) is 33.7. The van der Waals surface area contributed by atoms with Crippen molar-refractivity contribution in [2.24, 2.45) is 0 Å². The summed E-state index contributed by atoms with van der Waals surface area (Å²) in [5, 5.41) is 86.3. The van der Waals surface area contributed by atoms with Gasteiger partial charge >= 0.3 is 0 Å². The lowest BCUT2D eigenvalue weighted by atomic mass is 9.76. The zero-order chi connectivity index (χ0) is 98.4. The maximum absolute atomic E-state index is 11.0. The number of phenolic OH excluding ortho intramolecular Hbond substituents is 8. The fourth-order valence-corrected chi connectivity index (χ4v) is 15.2. The number of ether oxygens (including phenoxy) is 16. The first kappa shape index (κ1) is 115. The average molecular weight is 1860 g/mol. The van der Waals surface area contributed by atoms with E-state index in [1.54, 1.807) is 42.7 Å². The number of hydrogen-bond acceptors (Lipinski definition) is 24. The molecule has 0 unspecified atom stereocenters. The molecule has 133 heavy (non-hydrogen) atoms. The number of methoxy groups -OCH3 is 6. The van der Waals surface area contributed by atoms with Crippen molar-refractivity contribution in [1.29, 1.82) is 0 Å². The largest absolute Gasteiger partial charge is 0.507 e. The van der Waals surface area contributed by atoms with Crippen LogP contribution in [0.3, 0.4) is 0 Å². The first-order valence-electron chi connectivity index (χ1n) is 47.2. The van der Waals surface area contributed by atoms with Crippen LogP contribution in [0.15, 0.2) is 97.1 Å². The molecule has 0 aromatic heterocycles. The van der Waals surface area contributed by atoms with Crippen LogP contribution in [0.2, 0.25) is 0 Å². The molecule has 8 N–H and O–H groups in total. The number of rotatable bonds is 57. The van der Waals surface area contributed by atoms with E-state index < -0.39 is 21.7 Å². The van der Waals surface area contributed by atoms with Crippen LogP contribution in [0.4, 0.5) is 0 Å². The molecule has 24 nitrogen and oxygen atoms in total. The summed E-state index contributed by atoms with van der Waals surface area (Å²) < 4.78 is 89.0. The zero-order valence-corrected chi connectivity index (χ0v) is 84.7. The van der Waals surface area contributed by atoms with Gasteiger partial charge in [-0.15, -0.1) is 0 Å². The summed E-state index contributed by atoms with van der Waals surface area (Å²) in [5.41, 5.74) is 18.2. The van der Waals surface area contributed by atoms with Gasteiger partial charge in [0, 0.05) is 219 Å². The summed E-state index contributed by atoms with van der Waals surface area (Å²) in [4.78, 5) is 0. The number of hydrogen-bond donors (Lipinski definition) is 8. The lowest BCUT2D eigenvalue weighted by Gasteiger charge is -2.29. The molecule has 0 fully saturated rings. The second-order valence-electron chi connectivity index (χ2n) is 35.5. The Morgan fingerprint density at radius 3 is 0.353 bits per heavy atom. The quantitative estimate of drug-likeness (QED) is 0.0164. The molecule has 0 aliphatic heterocycles. The molecule has 0 aliphatic rings. The van der Waals surface area contributed by atoms with Crippen LogP contribution in [0.25, 0.3) is 0 Å². The first-order valence-corrected chi connectivity index (χ1v) is 47.2. The van der Waals surface area contributed by atoms with Gasteiger partial charge in [-0.25, -0.2) is 0 Å². The van der Waals surface area contributed by atoms with Gasteiger partial charge in [-0.1, -0.05) is 104 Å². The first-order chi connectivity index (χ1) is 63.7. The molecule has 0 atom stereocenters. The number of aromatic hydroxyl groups is 8. The van der Waals surface area contributed by atoms with E-state index in [2.05, 4.69) is 104 Å². The molecule has 8 aromatic carbocycles. The van der Waals surface area contributed by atoms with Crippen LogP contribution in [-0.4, -0.2) is 150 Å². The van der Waals surface area contributed by atoms with Gasteiger partial charge in [0.2, 0.25) is 0 Å². The standard InChI is InChI=1S/C31H48O6.C29H44O6.C25H36O6.C24H34O6/c1-7-11-34-19-23-15-27(16-24(29(23)32)20-35-12-8-2)31(5,6)28-17-25(21-36-13-9-3)30(33)26(18-28)22-37-14-10-4;1-7-10-33-18-22-14-25(13-21(17-32-6)27(22)30)29(4,5)26-15-23(19-34-11-8-2)28(31)24(16-26)20-35-12-9-3;1-7-30-15-19-11-21(9-17(13-28-5)23(19)26)25(3,4)22-10-18(14-29-6)24(27)20(12-22)16-31-8-2;1-7-30-15-19-11-21(10-18(14-29-6)23(19)26)24(2,3)20-8-16(12-27-4)22(25)17(9-20)13-28-5/h15-18,32-33H,7-14,19-22H2,1-6H3;13-16,30-31H,7-12,17-20H2,1-6H3;9-12,26-27H,7-8,13-16H2,1-6H3;8-11,25-26H,7,12-15H2,1-6H3. The normalized spacial score (nSPS) is 11.8. The Balaban J connectivity index is 0.000000315. The second-order valence-corrected chi connectivity index (χ2v) is 35.5. The van der Waals surface area contributed by atoms with Crippen LogP contribution in [0.1, 0.15) is 303 Å². The molecule has 0 amide bonds. The highest BCUT2D eigenvalue weighted by Crippen LogP contribution is 2.46. The minimum absolute atomic E-state index is 0.195. The smallest absolute Gasteiger partial charge is 0.126 e. The fourth-order valence-electron chi connectivity index (χ4n) is 15.2. The third-order valence-corrected chi connectivity index (χ3v) is 23.3. The van der Waals surface area contributed by atoms with Crippen molar-refractivity contribution in [3.05, 3.63) is 231 Å². The van der Waals surface area contributed by atoms with E-state index in [1.165, 1.54) is 0 Å². The predicted octanol–water partition coefficient (Wildman–Crippen LogP) is 22.7. The molecular formula is C109H162O24. The maximum Gasteiger partial charge on any atom is 0.126 e. The van der Waals surface area contributed by atoms with E-state index in [4.69, 9.17) is 75.8 Å². The van der Waals surface area contributed by atoms with Crippen LogP contribution in [-0.2, 0) is 203 Å². The second kappa shape index (κ2) is 59.5. The van der Waals surface area contributed by atoms with E-state index in [9.17, 15) is 40.9 Å². The van der Waals surface area contributed by atoms with Crippen molar-refractivity contribution in [2.75, 3.05) is 109 Å². The molecule has 742 valence electrons. The average Bonchev–Trinajstić information content (AvgIpc) is 0.781. The third-order valence-electron chi connectivity index (χ3n) is 23.3. The lowest BCUT2D eigenvalue weighted by Crippen LogP contribution is -2.21. The van der Waals surface area contributed by atoms with Gasteiger partial charge < -0.3 is 117 Å². The van der Waals surface area contributed by atoms with E-state index in [0.717, 1.165) is 151 Å². The summed E-state index contributed by atoms with van der Waals surface area (Å²) in [6, 6.07) is 31.9. The van der Waals surface area contributed by atoms with Gasteiger partial charge in [-0.2, -0.15) is 0 Å². The Bertz CT molecular complexity index is 4490. The highest BCUT2D eigenvalue weighted by molar-refractivity contribution is 5.57. The molecule has 8 aromatic rings. The Morgan fingerprint density at radius 1 is 0.165 bits per heavy atom. The Morgan fingerprint density at radius 2 is 0.263 bits per heavy atom. The van der Waals surface area contributed by atoms with Crippen molar-refractivity contribution in [3.63, 3.8) is 0 Å². The van der Waals surface area contributed by atoms with Crippen molar-refractivity contribution >= 4 is 0 Å². The molecule has 0 bridgehead atoms. The highest BCUT2D eigenvalue weighted by Gasteiger charge is 2.34. The van der Waals surface area contributed by atoms with Gasteiger partial charge in [0.25, 0.3) is 0 Å². The van der Waals surface area contributed by atoms with E-state index in [-0.39, 0.29) is 46.0 Å². The molecule has 24 heteroatoms. The van der Waals surface area contributed by atoms with Gasteiger partial charge in [0.05, 0.1) is 106 Å². The summed E-state index contributed by atoms with van der Waals surface area (Å²) in [6.45, 7) is 48.6. The molecule has 0 aliphatic carbocycles. The summed E-state index contributed by atoms with van der Waals surface area (Å²) >= 11 is 0. The Hall–Kier alpha value is -8.48. The van der Waals surface area contributed by atoms with Crippen molar-refractivity contribution < 1.29 is 117 Å². The van der Waals surface area contributed by atoms with Crippen LogP contribution < -0.4 is 0 Å². The van der Waals surface area contributed by atoms with Gasteiger partial charge in [-0.3, -0.25) is 0 Å². The Labute approximate surface area is 794 Å². The Kier molecular flexibility index (Phi) is 51.5. The molecule has 0 heterocycles. The maximum atomic E-state index is 11.0. The van der Waals surface area contributed by atoms with Crippen LogP contribution in [0.5, 0.6) is 46.0 Å². The van der Waals surface area contributed by atoms with Crippen molar-refractivity contribution in [2.45, 2.75) is 297 Å². The highest BCUT2D eigenvalue weighted by atomic mass is 16.5. The fraction of sp³-hybridized carbons (Fsp3) is 0.560.